The summed E-state index contributed by atoms with van der Waals surface area (Å²) in [4.78, 5) is 22.7. The van der Waals surface area contributed by atoms with Crippen LogP contribution in [0.4, 0.5) is 4.79 Å². The van der Waals surface area contributed by atoms with Crippen molar-refractivity contribution in [1.29, 1.82) is 0 Å². The van der Waals surface area contributed by atoms with Crippen LogP contribution in [0, 0.1) is 0 Å². The Balaban J connectivity index is 1.50. The molecule has 1 aliphatic heterocycles. The Labute approximate surface area is 158 Å². The normalized spacial score (nSPS) is 17.0. The molecule has 1 fully saturated rings. The molecule has 2 amide bonds. The molecule has 26 heavy (non-hydrogen) atoms. The number of urea groups is 1. The number of halogens is 1. The van der Waals surface area contributed by atoms with Crippen LogP contribution >= 0.6 is 11.6 Å². The highest BCUT2D eigenvalue weighted by Gasteiger charge is 2.25. The van der Waals surface area contributed by atoms with Gasteiger partial charge in [0.2, 0.25) is 0 Å². The lowest BCUT2D eigenvalue weighted by Crippen LogP contribution is -2.48. The second kappa shape index (κ2) is 8.85. The average Bonchev–Trinajstić information content (AvgIpc) is 2.68. The number of carbonyl (C=O) groups excluding carboxylic acids is 1. The molecule has 1 unspecified atom stereocenters. The van der Waals surface area contributed by atoms with E-state index in [1.807, 2.05) is 24.3 Å². The molecule has 2 heterocycles. The number of hydrogen-bond acceptors (Lipinski definition) is 4. The van der Waals surface area contributed by atoms with Crippen molar-refractivity contribution >= 4 is 17.6 Å². The molecule has 0 spiro atoms. The molecule has 7 heteroatoms. The van der Waals surface area contributed by atoms with Gasteiger partial charge in [-0.1, -0.05) is 30.7 Å². The van der Waals surface area contributed by atoms with E-state index in [4.69, 9.17) is 16.3 Å². The third-order valence-electron chi connectivity index (χ3n) is 4.38. The molecule has 6 nitrogen and oxygen atoms in total. The fourth-order valence-corrected chi connectivity index (χ4v) is 2.97. The number of ether oxygens (including phenoxy) is 1. The average molecular weight is 375 g/mol. The number of carbonyl (C=O) groups is 1. The van der Waals surface area contributed by atoms with E-state index in [1.165, 1.54) is 0 Å². The van der Waals surface area contributed by atoms with Gasteiger partial charge in [0.1, 0.15) is 6.10 Å². The SMILES string of the molecule is CCc1cnc(OC2CCCN(C(=O)NCc3ccc(Cl)cc3)C2)nc1. The number of rotatable bonds is 5. The molecule has 1 aromatic carbocycles. The minimum Gasteiger partial charge on any atom is -0.458 e. The number of amides is 2. The molecule has 0 saturated carbocycles. The summed E-state index contributed by atoms with van der Waals surface area (Å²) in [6.07, 6.45) is 6.15. The van der Waals surface area contributed by atoms with E-state index >= 15 is 0 Å². The highest BCUT2D eigenvalue weighted by molar-refractivity contribution is 6.30. The molecular weight excluding hydrogens is 352 g/mol. The Hall–Kier alpha value is -2.34. The van der Waals surface area contributed by atoms with E-state index in [2.05, 4.69) is 22.2 Å². The monoisotopic (exact) mass is 374 g/mol. The Kier molecular flexibility index (Phi) is 6.28. The van der Waals surface area contributed by atoms with Crippen LogP contribution < -0.4 is 10.1 Å². The van der Waals surface area contributed by atoms with Crippen molar-refractivity contribution in [1.82, 2.24) is 20.2 Å². The molecule has 1 saturated heterocycles. The maximum atomic E-state index is 12.4. The van der Waals surface area contributed by atoms with E-state index in [0.717, 1.165) is 36.9 Å². The van der Waals surface area contributed by atoms with Gasteiger partial charge in [-0.25, -0.2) is 14.8 Å². The first-order valence-corrected chi connectivity index (χ1v) is 9.26. The second-order valence-corrected chi connectivity index (χ2v) is 6.78. The van der Waals surface area contributed by atoms with Gasteiger partial charge in [-0.3, -0.25) is 0 Å². The first kappa shape index (κ1) is 18.5. The molecule has 0 bridgehead atoms. The summed E-state index contributed by atoms with van der Waals surface area (Å²) >= 11 is 5.88. The first-order valence-electron chi connectivity index (χ1n) is 8.89. The topological polar surface area (TPSA) is 67.3 Å². The second-order valence-electron chi connectivity index (χ2n) is 6.34. The molecule has 0 radical (unpaired) electrons. The Morgan fingerprint density at radius 3 is 2.69 bits per heavy atom. The van der Waals surface area contributed by atoms with Crippen LogP contribution in [0.25, 0.3) is 0 Å². The summed E-state index contributed by atoms with van der Waals surface area (Å²) < 4.78 is 5.85. The number of likely N-dealkylation sites (tertiary alicyclic amines) is 1. The Morgan fingerprint density at radius 2 is 2.00 bits per heavy atom. The summed E-state index contributed by atoms with van der Waals surface area (Å²) in [6.45, 7) is 3.79. The van der Waals surface area contributed by atoms with E-state index in [1.54, 1.807) is 17.3 Å². The van der Waals surface area contributed by atoms with Crippen LogP contribution in [0.15, 0.2) is 36.7 Å². The summed E-state index contributed by atoms with van der Waals surface area (Å²) in [5.74, 6) is 0. The number of nitrogens with zero attached hydrogens (tertiary/aromatic N) is 3. The minimum absolute atomic E-state index is 0.0856. The maximum absolute atomic E-state index is 12.4. The van der Waals surface area contributed by atoms with Crippen LogP contribution in [-0.4, -0.2) is 40.1 Å². The van der Waals surface area contributed by atoms with E-state index in [0.29, 0.717) is 24.1 Å². The highest BCUT2D eigenvalue weighted by atomic mass is 35.5. The minimum atomic E-state index is -0.0875. The van der Waals surface area contributed by atoms with Crippen LogP contribution in [0.5, 0.6) is 6.01 Å². The lowest BCUT2D eigenvalue weighted by Gasteiger charge is -2.32. The zero-order valence-electron chi connectivity index (χ0n) is 14.8. The van der Waals surface area contributed by atoms with Crippen molar-refractivity contribution in [2.24, 2.45) is 0 Å². The van der Waals surface area contributed by atoms with Gasteiger partial charge in [-0.05, 0) is 42.5 Å². The summed E-state index contributed by atoms with van der Waals surface area (Å²) in [6, 6.07) is 7.73. The van der Waals surface area contributed by atoms with Gasteiger partial charge in [-0.2, -0.15) is 0 Å². The van der Waals surface area contributed by atoms with Crippen molar-refractivity contribution in [2.45, 2.75) is 38.8 Å². The Morgan fingerprint density at radius 1 is 1.27 bits per heavy atom. The molecule has 1 aromatic heterocycles. The molecule has 1 aliphatic rings. The largest absolute Gasteiger partial charge is 0.458 e. The fraction of sp³-hybridized carbons (Fsp3) is 0.421. The van der Waals surface area contributed by atoms with E-state index in [9.17, 15) is 4.79 Å². The number of nitrogens with one attached hydrogen (secondary N) is 1. The summed E-state index contributed by atoms with van der Waals surface area (Å²) in [7, 11) is 0. The van der Waals surface area contributed by atoms with Gasteiger partial charge in [-0.15, -0.1) is 0 Å². The van der Waals surface area contributed by atoms with Crippen molar-refractivity contribution in [3.63, 3.8) is 0 Å². The van der Waals surface area contributed by atoms with Crippen LogP contribution in [0.2, 0.25) is 5.02 Å². The predicted molar refractivity (Wildman–Crippen MR) is 100 cm³/mol. The van der Waals surface area contributed by atoms with Crippen molar-refractivity contribution < 1.29 is 9.53 Å². The van der Waals surface area contributed by atoms with Crippen molar-refractivity contribution in [3.05, 3.63) is 52.8 Å². The zero-order valence-corrected chi connectivity index (χ0v) is 15.6. The number of piperidine rings is 1. The van der Waals surface area contributed by atoms with Gasteiger partial charge in [0.15, 0.2) is 0 Å². The fourth-order valence-electron chi connectivity index (χ4n) is 2.85. The number of aromatic nitrogens is 2. The number of hydrogen-bond donors (Lipinski definition) is 1. The number of aryl methyl sites for hydroxylation is 1. The summed E-state index contributed by atoms with van der Waals surface area (Å²) in [5.41, 5.74) is 2.08. The predicted octanol–water partition coefficient (Wildman–Crippen LogP) is 3.45. The van der Waals surface area contributed by atoms with Crippen molar-refractivity contribution in [3.8, 4) is 6.01 Å². The maximum Gasteiger partial charge on any atom is 0.317 e. The summed E-state index contributed by atoms with van der Waals surface area (Å²) in [5, 5.41) is 3.63. The molecule has 2 aromatic rings. The highest BCUT2D eigenvalue weighted by Crippen LogP contribution is 2.16. The van der Waals surface area contributed by atoms with Crippen LogP contribution in [0.3, 0.4) is 0 Å². The first-order chi connectivity index (χ1) is 12.6. The molecular formula is C19H23ClN4O2. The standard InChI is InChI=1S/C19H23ClN4O2/c1-2-14-10-21-18(22-11-14)26-17-4-3-9-24(13-17)19(25)23-12-15-5-7-16(20)8-6-15/h5-8,10-11,17H,2-4,9,12-13H2,1H3,(H,23,25). The van der Waals surface area contributed by atoms with Crippen LogP contribution in [0.1, 0.15) is 30.9 Å². The van der Waals surface area contributed by atoms with Gasteiger partial charge in [0.05, 0.1) is 6.54 Å². The Bertz CT molecular complexity index is 721. The third-order valence-corrected chi connectivity index (χ3v) is 4.64. The quantitative estimate of drug-likeness (QED) is 0.870. The molecule has 0 aliphatic carbocycles. The number of benzene rings is 1. The van der Waals surface area contributed by atoms with E-state index in [-0.39, 0.29) is 12.1 Å². The third kappa shape index (κ3) is 5.08. The lowest BCUT2D eigenvalue weighted by molar-refractivity contribution is 0.0937. The van der Waals surface area contributed by atoms with Gasteiger partial charge in [0, 0.05) is 30.5 Å². The van der Waals surface area contributed by atoms with Crippen molar-refractivity contribution in [2.75, 3.05) is 13.1 Å². The molecule has 138 valence electrons. The zero-order chi connectivity index (χ0) is 18.4. The van der Waals surface area contributed by atoms with Gasteiger partial charge < -0.3 is 15.0 Å². The lowest BCUT2D eigenvalue weighted by atomic mass is 10.1. The molecule has 3 rings (SSSR count). The molecule has 1 N–H and O–H groups in total. The van der Waals surface area contributed by atoms with E-state index < -0.39 is 0 Å². The molecule has 1 atom stereocenters. The van der Waals surface area contributed by atoms with Gasteiger partial charge in [0.25, 0.3) is 0 Å². The smallest absolute Gasteiger partial charge is 0.317 e. The van der Waals surface area contributed by atoms with Crippen LogP contribution in [-0.2, 0) is 13.0 Å². The van der Waals surface area contributed by atoms with Gasteiger partial charge >= 0.3 is 12.0 Å².